The quantitative estimate of drug-likeness (QED) is 0.823. The number of primary sulfonamides is 1. The van der Waals surface area contributed by atoms with Gasteiger partial charge in [0.15, 0.2) is 0 Å². The van der Waals surface area contributed by atoms with E-state index in [1.54, 1.807) is 13.8 Å². The van der Waals surface area contributed by atoms with Crippen LogP contribution in [0.15, 0.2) is 23.1 Å². The molecular weight excluding hydrogens is 249 g/mol. The molecule has 1 aromatic carbocycles. The summed E-state index contributed by atoms with van der Waals surface area (Å²) >= 11 is 0. The largest absolute Gasteiger partial charge is 0.459 e. The van der Waals surface area contributed by atoms with Gasteiger partial charge in [0.1, 0.15) is 5.82 Å². The van der Waals surface area contributed by atoms with E-state index in [1.807, 2.05) is 0 Å². The summed E-state index contributed by atoms with van der Waals surface area (Å²) in [5.41, 5.74) is -0.453. The Labute approximate surface area is 98.4 Å². The van der Waals surface area contributed by atoms with Crippen LogP contribution in [-0.2, 0) is 14.8 Å². The SMILES string of the molecule is CC(C)OC(=O)c1cc(S(N)(=O)=O)ccc1F. The fourth-order valence-corrected chi connectivity index (χ4v) is 1.66. The van der Waals surface area contributed by atoms with Crippen molar-refractivity contribution in [1.82, 2.24) is 0 Å². The Morgan fingerprint density at radius 2 is 2.00 bits per heavy atom. The lowest BCUT2D eigenvalue weighted by molar-refractivity contribution is 0.0372. The molecule has 0 radical (unpaired) electrons. The maximum absolute atomic E-state index is 13.3. The first-order chi connectivity index (χ1) is 7.71. The highest BCUT2D eigenvalue weighted by molar-refractivity contribution is 7.89. The number of carbonyl (C=O) groups excluding carboxylic acids is 1. The highest BCUT2D eigenvalue weighted by Crippen LogP contribution is 2.15. The molecule has 7 heteroatoms. The molecule has 0 bridgehead atoms. The van der Waals surface area contributed by atoms with Gasteiger partial charge in [-0.05, 0) is 32.0 Å². The number of benzene rings is 1. The molecule has 2 N–H and O–H groups in total. The van der Waals surface area contributed by atoms with Crippen LogP contribution < -0.4 is 5.14 Å². The molecule has 0 fully saturated rings. The number of hydrogen-bond donors (Lipinski definition) is 1. The molecule has 1 rings (SSSR count). The van der Waals surface area contributed by atoms with Crippen molar-refractivity contribution < 1.29 is 22.3 Å². The van der Waals surface area contributed by atoms with E-state index in [1.165, 1.54) is 0 Å². The fourth-order valence-electron chi connectivity index (χ4n) is 1.12. The van der Waals surface area contributed by atoms with Crippen LogP contribution in [-0.4, -0.2) is 20.5 Å². The first-order valence-electron chi connectivity index (χ1n) is 4.75. The summed E-state index contributed by atoms with van der Waals surface area (Å²) in [5.74, 6) is -1.79. The van der Waals surface area contributed by atoms with Crippen molar-refractivity contribution in [2.75, 3.05) is 0 Å². The van der Waals surface area contributed by atoms with Gasteiger partial charge in [0.2, 0.25) is 10.0 Å². The Hall–Kier alpha value is -1.47. The summed E-state index contributed by atoms with van der Waals surface area (Å²) < 4.78 is 40.2. The molecule has 0 unspecified atom stereocenters. The predicted molar refractivity (Wildman–Crippen MR) is 58.3 cm³/mol. The third kappa shape index (κ3) is 3.50. The Morgan fingerprint density at radius 3 is 2.47 bits per heavy atom. The number of rotatable bonds is 3. The zero-order valence-electron chi connectivity index (χ0n) is 9.31. The molecule has 0 amide bonds. The minimum Gasteiger partial charge on any atom is -0.459 e. The number of esters is 1. The van der Waals surface area contributed by atoms with Crippen molar-refractivity contribution in [3.05, 3.63) is 29.6 Å². The maximum atomic E-state index is 13.3. The number of halogens is 1. The fraction of sp³-hybridized carbons (Fsp3) is 0.300. The average Bonchev–Trinajstić information content (AvgIpc) is 2.15. The van der Waals surface area contributed by atoms with Crippen LogP contribution in [0.4, 0.5) is 4.39 Å². The van der Waals surface area contributed by atoms with Gasteiger partial charge in [0.05, 0.1) is 16.6 Å². The lowest BCUT2D eigenvalue weighted by Gasteiger charge is -2.09. The number of nitrogens with two attached hydrogens (primary N) is 1. The van der Waals surface area contributed by atoms with E-state index in [0.29, 0.717) is 0 Å². The Bertz CT molecular complexity index is 539. The molecule has 5 nitrogen and oxygen atoms in total. The van der Waals surface area contributed by atoms with E-state index in [0.717, 1.165) is 18.2 Å². The molecule has 0 saturated carbocycles. The predicted octanol–water partition coefficient (Wildman–Crippen LogP) is 1.04. The molecule has 0 saturated heterocycles. The summed E-state index contributed by atoms with van der Waals surface area (Å²) in [6, 6.07) is 2.70. The molecule has 0 aliphatic carbocycles. The van der Waals surface area contributed by atoms with Gasteiger partial charge in [0, 0.05) is 0 Å². The Morgan fingerprint density at radius 1 is 1.41 bits per heavy atom. The summed E-state index contributed by atoms with van der Waals surface area (Å²) in [4.78, 5) is 11.1. The molecule has 1 aromatic rings. The number of sulfonamides is 1. The van der Waals surface area contributed by atoms with Gasteiger partial charge in [-0.3, -0.25) is 0 Å². The van der Waals surface area contributed by atoms with Gasteiger partial charge in [0.25, 0.3) is 0 Å². The van der Waals surface area contributed by atoms with Crippen LogP contribution in [0.25, 0.3) is 0 Å². The van der Waals surface area contributed by atoms with Crippen LogP contribution >= 0.6 is 0 Å². The van der Waals surface area contributed by atoms with Crippen LogP contribution in [0, 0.1) is 5.82 Å². The zero-order chi connectivity index (χ0) is 13.2. The van der Waals surface area contributed by atoms with Crippen molar-refractivity contribution in [2.24, 2.45) is 5.14 Å². The lowest BCUT2D eigenvalue weighted by atomic mass is 10.2. The molecule has 17 heavy (non-hydrogen) atoms. The second kappa shape index (κ2) is 4.80. The minimum atomic E-state index is -3.98. The van der Waals surface area contributed by atoms with Crippen molar-refractivity contribution in [3.63, 3.8) is 0 Å². The maximum Gasteiger partial charge on any atom is 0.341 e. The van der Waals surface area contributed by atoms with Crippen LogP contribution in [0.2, 0.25) is 0 Å². The normalized spacial score (nSPS) is 11.6. The molecule has 0 spiro atoms. The van der Waals surface area contributed by atoms with Crippen molar-refractivity contribution in [3.8, 4) is 0 Å². The van der Waals surface area contributed by atoms with E-state index in [-0.39, 0.29) is 4.90 Å². The Balaban J connectivity index is 3.20. The first-order valence-corrected chi connectivity index (χ1v) is 6.30. The molecule has 0 aliphatic rings. The van der Waals surface area contributed by atoms with Crippen molar-refractivity contribution >= 4 is 16.0 Å². The molecule has 0 aromatic heterocycles. The summed E-state index contributed by atoms with van der Waals surface area (Å²) in [5, 5.41) is 4.87. The smallest absolute Gasteiger partial charge is 0.341 e. The van der Waals surface area contributed by atoms with E-state index in [9.17, 15) is 17.6 Å². The minimum absolute atomic E-state index is 0.338. The van der Waals surface area contributed by atoms with Gasteiger partial charge in [-0.15, -0.1) is 0 Å². The van der Waals surface area contributed by atoms with Crippen molar-refractivity contribution in [1.29, 1.82) is 0 Å². The van der Waals surface area contributed by atoms with E-state index in [2.05, 4.69) is 0 Å². The lowest BCUT2D eigenvalue weighted by Crippen LogP contribution is -2.16. The highest BCUT2D eigenvalue weighted by Gasteiger charge is 2.18. The highest BCUT2D eigenvalue weighted by atomic mass is 32.2. The average molecular weight is 261 g/mol. The number of ether oxygens (including phenoxy) is 1. The standard InChI is InChI=1S/C10H12FNO4S/c1-6(2)16-10(13)8-5-7(17(12,14)15)3-4-9(8)11/h3-6H,1-2H3,(H2,12,14,15). The van der Waals surface area contributed by atoms with Crippen molar-refractivity contribution in [2.45, 2.75) is 24.8 Å². The first kappa shape index (κ1) is 13.6. The molecule has 0 aliphatic heterocycles. The number of carbonyl (C=O) groups is 1. The topological polar surface area (TPSA) is 86.5 Å². The summed E-state index contributed by atoms with van der Waals surface area (Å²) in [6.07, 6.45) is -0.431. The van der Waals surface area contributed by atoms with Crippen LogP contribution in [0.5, 0.6) is 0 Å². The second-order valence-electron chi connectivity index (χ2n) is 3.64. The summed E-state index contributed by atoms with van der Waals surface area (Å²) in [6.45, 7) is 3.19. The second-order valence-corrected chi connectivity index (χ2v) is 5.20. The van der Waals surface area contributed by atoms with Gasteiger partial charge in [-0.1, -0.05) is 0 Å². The Kier molecular flexibility index (Phi) is 3.84. The third-order valence-corrected chi connectivity index (χ3v) is 2.74. The zero-order valence-corrected chi connectivity index (χ0v) is 10.1. The van der Waals surface area contributed by atoms with E-state index >= 15 is 0 Å². The van der Waals surface area contributed by atoms with Gasteiger partial charge in [-0.25, -0.2) is 22.7 Å². The number of hydrogen-bond acceptors (Lipinski definition) is 4. The van der Waals surface area contributed by atoms with E-state index in [4.69, 9.17) is 9.88 Å². The van der Waals surface area contributed by atoms with Crippen LogP contribution in [0.3, 0.4) is 0 Å². The molecular formula is C10H12FNO4S. The van der Waals surface area contributed by atoms with Gasteiger partial charge >= 0.3 is 5.97 Å². The van der Waals surface area contributed by atoms with Crippen LogP contribution in [0.1, 0.15) is 24.2 Å². The van der Waals surface area contributed by atoms with E-state index < -0.39 is 33.5 Å². The molecule has 0 heterocycles. The summed E-state index contributed by atoms with van der Waals surface area (Å²) in [7, 11) is -3.98. The molecule has 0 atom stereocenters. The van der Waals surface area contributed by atoms with Gasteiger partial charge < -0.3 is 4.74 Å². The van der Waals surface area contributed by atoms with Gasteiger partial charge in [-0.2, -0.15) is 0 Å². The monoisotopic (exact) mass is 261 g/mol. The molecule has 94 valence electrons. The third-order valence-electron chi connectivity index (χ3n) is 1.83.